The van der Waals surface area contributed by atoms with Gasteiger partial charge in [0.25, 0.3) is 5.91 Å². The van der Waals surface area contributed by atoms with E-state index < -0.39 is 71.9 Å². The molecule has 204 valence electrons. The van der Waals surface area contributed by atoms with Gasteiger partial charge in [-0.25, -0.2) is 13.6 Å². The van der Waals surface area contributed by atoms with Crippen molar-refractivity contribution < 1.29 is 37.5 Å². The molecule has 2 aliphatic rings. The summed E-state index contributed by atoms with van der Waals surface area (Å²) in [6, 6.07) is -3.45. The lowest BCUT2D eigenvalue weighted by Crippen LogP contribution is -2.59. The first kappa shape index (κ1) is 29.4. The number of alkyl carbamates (subject to hydrolysis) is 1. The molecule has 2 rings (SSSR count). The maximum absolute atomic E-state index is 13.7. The van der Waals surface area contributed by atoms with Crippen LogP contribution in [-0.2, 0) is 23.9 Å². The van der Waals surface area contributed by atoms with E-state index in [4.69, 9.17) is 0 Å². The molecule has 0 aromatic carbocycles. The van der Waals surface area contributed by atoms with E-state index in [9.17, 15) is 32.8 Å². The summed E-state index contributed by atoms with van der Waals surface area (Å²) in [5.74, 6) is -6.32. The molecular weight excluding hydrogens is 478 g/mol. The van der Waals surface area contributed by atoms with Crippen LogP contribution in [0.2, 0.25) is 0 Å². The standard InChI is InChI=1S/C24H38F2N4O6/c1-22(2,3)17(29-21(35)36-6)20(34)30-13-24(9-7-10-24)12-15(30)18(32)28-14(8-11-23(4,25)26)16(31)19(33)27-5/h14-15,17H,7-13H2,1-6H3,(H,27,33)(H,28,32)(H,29,35)/t14-,15?,17+/m0/s1. The Morgan fingerprint density at radius 2 is 1.69 bits per heavy atom. The first-order valence-electron chi connectivity index (χ1n) is 12.1. The van der Waals surface area contributed by atoms with E-state index in [0.29, 0.717) is 19.9 Å². The Morgan fingerprint density at radius 3 is 2.14 bits per heavy atom. The van der Waals surface area contributed by atoms with Crippen molar-refractivity contribution in [2.45, 2.75) is 90.3 Å². The molecule has 3 N–H and O–H groups in total. The molecule has 1 spiro atoms. The van der Waals surface area contributed by atoms with Gasteiger partial charge in [0.2, 0.25) is 23.5 Å². The van der Waals surface area contributed by atoms with E-state index in [1.807, 2.05) is 0 Å². The van der Waals surface area contributed by atoms with Crippen molar-refractivity contribution in [3.8, 4) is 0 Å². The summed E-state index contributed by atoms with van der Waals surface area (Å²) in [6.07, 6.45) is 0.961. The number of alkyl halides is 2. The highest BCUT2D eigenvalue weighted by Crippen LogP contribution is 2.50. The lowest BCUT2D eigenvalue weighted by atomic mass is 9.67. The highest BCUT2D eigenvalue weighted by atomic mass is 19.3. The SMILES string of the molecule is CNC(=O)C(=O)[C@H](CCC(C)(F)F)NC(=O)C1CC2(CCC2)CN1C(=O)[C@@H](NC(=O)OC)C(C)(C)C. The predicted octanol–water partition coefficient (Wildman–Crippen LogP) is 1.76. The van der Waals surface area contributed by atoms with Crippen LogP contribution in [0.1, 0.15) is 66.2 Å². The quantitative estimate of drug-likeness (QED) is 0.400. The number of rotatable bonds is 9. The van der Waals surface area contributed by atoms with Crippen molar-refractivity contribution >= 4 is 29.6 Å². The van der Waals surface area contributed by atoms with Crippen molar-refractivity contribution in [3.63, 3.8) is 0 Å². The van der Waals surface area contributed by atoms with Gasteiger partial charge < -0.3 is 25.6 Å². The number of nitrogens with one attached hydrogen (secondary N) is 3. The molecule has 10 nitrogen and oxygen atoms in total. The van der Waals surface area contributed by atoms with Gasteiger partial charge in [0.05, 0.1) is 13.2 Å². The van der Waals surface area contributed by atoms with Gasteiger partial charge in [-0.2, -0.15) is 0 Å². The number of ether oxygens (including phenoxy) is 1. The highest BCUT2D eigenvalue weighted by Gasteiger charge is 2.53. The predicted molar refractivity (Wildman–Crippen MR) is 126 cm³/mol. The van der Waals surface area contributed by atoms with E-state index >= 15 is 0 Å². The summed E-state index contributed by atoms with van der Waals surface area (Å²) in [7, 11) is 2.41. The smallest absolute Gasteiger partial charge is 0.407 e. The molecular formula is C24H38F2N4O6. The third-order valence-corrected chi connectivity index (χ3v) is 7.02. The molecule has 36 heavy (non-hydrogen) atoms. The summed E-state index contributed by atoms with van der Waals surface area (Å²) in [5, 5.41) is 7.16. The van der Waals surface area contributed by atoms with E-state index in [-0.39, 0.29) is 5.41 Å². The maximum atomic E-state index is 13.7. The number of halogens is 2. The summed E-state index contributed by atoms with van der Waals surface area (Å²) in [6.45, 7) is 6.27. The number of methoxy groups -OCH3 is 1. The minimum absolute atomic E-state index is 0.262. The zero-order chi connectivity index (χ0) is 27.5. The van der Waals surface area contributed by atoms with Crippen molar-refractivity contribution in [2.75, 3.05) is 20.7 Å². The van der Waals surface area contributed by atoms with Crippen molar-refractivity contribution in [1.82, 2.24) is 20.9 Å². The molecule has 12 heteroatoms. The third-order valence-electron chi connectivity index (χ3n) is 7.02. The van der Waals surface area contributed by atoms with E-state index in [1.165, 1.54) is 19.1 Å². The largest absolute Gasteiger partial charge is 0.453 e. The summed E-state index contributed by atoms with van der Waals surface area (Å²) in [5.41, 5.74) is -0.978. The number of amides is 4. The zero-order valence-corrected chi connectivity index (χ0v) is 21.8. The first-order chi connectivity index (χ1) is 16.5. The molecule has 1 aliphatic heterocycles. The van der Waals surface area contributed by atoms with E-state index in [0.717, 1.165) is 19.3 Å². The Balaban J connectivity index is 2.32. The molecule has 1 heterocycles. The van der Waals surface area contributed by atoms with Crippen LogP contribution < -0.4 is 16.0 Å². The fourth-order valence-electron chi connectivity index (χ4n) is 4.77. The Morgan fingerprint density at radius 1 is 1.08 bits per heavy atom. The summed E-state index contributed by atoms with van der Waals surface area (Å²) >= 11 is 0. The Bertz CT molecular complexity index is 879. The number of Topliss-reactive ketones (excluding diaryl/α,β-unsaturated/α-hetero) is 1. The molecule has 1 unspecified atom stereocenters. The van der Waals surface area contributed by atoms with E-state index in [1.54, 1.807) is 20.8 Å². The average Bonchev–Trinajstić information content (AvgIpc) is 3.19. The van der Waals surface area contributed by atoms with Crippen LogP contribution in [0.15, 0.2) is 0 Å². The average molecular weight is 517 g/mol. The highest BCUT2D eigenvalue weighted by molar-refractivity contribution is 6.38. The van der Waals surface area contributed by atoms with Crippen molar-refractivity contribution in [2.24, 2.45) is 10.8 Å². The van der Waals surface area contributed by atoms with Gasteiger partial charge in [-0.3, -0.25) is 19.2 Å². The molecule has 0 bridgehead atoms. The van der Waals surface area contributed by atoms with Crippen LogP contribution in [0.25, 0.3) is 0 Å². The van der Waals surface area contributed by atoms with Gasteiger partial charge in [-0.15, -0.1) is 0 Å². The number of likely N-dealkylation sites (N-methyl/N-ethyl adjacent to an activating group) is 1. The van der Waals surface area contributed by atoms with Gasteiger partial charge in [0, 0.05) is 20.0 Å². The minimum atomic E-state index is -3.10. The van der Waals surface area contributed by atoms with Crippen LogP contribution in [0.4, 0.5) is 13.6 Å². The maximum Gasteiger partial charge on any atom is 0.407 e. The van der Waals surface area contributed by atoms with Crippen LogP contribution in [0.5, 0.6) is 0 Å². The van der Waals surface area contributed by atoms with Crippen LogP contribution in [-0.4, -0.2) is 79.2 Å². The van der Waals surface area contributed by atoms with Crippen LogP contribution in [0, 0.1) is 10.8 Å². The summed E-state index contributed by atoms with van der Waals surface area (Å²) < 4.78 is 31.7. The Hall–Kier alpha value is -2.79. The molecule has 0 radical (unpaired) electrons. The normalized spacial score (nSPS) is 20.7. The number of nitrogens with zero attached hydrogens (tertiary/aromatic N) is 1. The van der Waals surface area contributed by atoms with Crippen LogP contribution >= 0.6 is 0 Å². The Labute approximate surface area is 210 Å². The van der Waals surface area contributed by atoms with E-state index in [2.05, 4.69) is 20.7 Å². The topological polar surface area (TPSA) is 134 Å². The first-order valence-corrected chi connectivity index (χ1v) is 12.1. The van der Waals surface area contributed by atoms with Gasteiger partial charge in [-0.05, 0) is 43.4 Å². The Kier molecular flexibility index (Phi) is 9.06. The molecule has 0 aromatic rings. The fourth-order valence-corrected chi connectivity index (χ4v) is 4.77. The molecule has 1 saturated carbocycles. The van der Waals surface area contributed by atoms with Gasteiger partial charge >= 0.3 is 6.09 Å². The summed E-state index contributed by atoms with van der Waals surface area (Å²) in [4.78, 5) is 64.9. The second-order valence-electron chi connectivity index (χ2n) is 11.1. The number of carbonyl (C=O) groups excluding carboxylic acids is 5. The molecule has 0 aromatic heterocycles. The second-order valence-corrected chi connectivity index (χ2v) is 11.1. The second kappa shape index (κ2) is 11.1. The molecule has 4 amide bonds. The molecule has 2 fully saturated rings. The monoisotopic (exact) mass is 516 g/mol. The van der Waals surface area contributed by atoms with Gasteiger partial charge in [0.1, 0.15) is 12.1 Å². The molecule has 3 atom stereocenters. The lowest BCUT2D eigenvalue weighted by molar-refractivity contribution is -0.144. The third kappa shape index (κ3) is 7.13. The minimum Gasteiger partial charge on any atom is -0.453 e. The zero-order valence-electron chi connectivity index (χ0n) is 21.8. The molecule has 1 aliphatic carbocycles. The lowest BCUT2D eigenvalue weighted by Gasteiger charge is -2.39. The number of carbonyl (C=O) groups is 5. The van der Waals surface area contributed by atoms with Gasteiger partial charge in [0.15, 0.2) is 0 Å². The number of hydrogen-bond donors (Lipinski definition) is 3. The van der Waals surface area contributed by atoms with Crippen molar-refractivity contribution in [1.29, 1.82) is 0 Å². The number of hydrogen-bond acceptors (Lipinski definition) is 6. The molecule has 1 saturated heterocycles. The number of likely N-dealkylation sites (tertiary alicyclic amines) is 1. The number of ketones is 1. The van der Waals surface area contributed by atoms with Gasteiger partial charge in [-0.1, -0.05) is 27.2 Å². The fraction of sp³-hybridized carbons (Fsp3) is 0.792. The van der Waals surface area contributed by atoms with Crippen LogP contribution in [0.3, 0.4) is 0 Å². The van der Waals surface area contributed by atoms with Crippen molar-refractivity contribution in [3.05, 3.63) is 0 Å².